The number of hydrogen-bond acceptors (Lipinski definition) is 2. The van der Waals surface area contributed by atoms with Gasteiger partial charge in [-0.05, 0) is 18.6 Å². The van der Waals surface area contributed by atoms with Gasteiger partial charge in [0.15, 0.2) is 0 Å². The average molecular weight is 314 g/mol. The quantitative estimate of drug-likeness (QED) is 0.607. The third-order valence-electron chi connectivity index (χ3n) is 2.01. The number of aromatic hydroxyl groups is 1. The van der Waals surface area contributed by atoms with Crippen LogP contribution in [0.25, 0.3) is 0 Å². The van der Waals surface area contributed by atoms with Crippen LogP contribution in [0, 0.1) is 0 Å². The molecule has 0 radical (unpaired) electrons. The lowest BCUT2D eigenvalue weighted by Crippen LogP contribution is -1.92. The number of phenols is 1. The van der Waals surface area contributed by atoms with E-state index in [1.807, 2.05) is 0 Å². The predicted molar refractivity (Wildman–Crippen MR) is 74.9 cm³/mol. The van der Waals surface area contributed by atoms with Crippen molar-refractivity contribution in [3.8, 4) is 5.75 Å². The van der Waals surface area contributed by atoms with Crippen molar-refractivity contribution < 1.29 is 15.0 Å². The van der Waals surface area contributed by atoms with Gasteiger partial charge in [-0.15, -0.1) is 0 Å². The highest BCUT2D eigenvalue weighted by molar-refractivity contribution is 6.48. The molecule has 102 valence electrons. The lowest BCUT2D eigenvalue weighted by atomic mass is 10.2. The van der Waals surface area contributed by atoms with Crippen molar-refractivity contribution in [2.45, 2.75) is 32.6 Å². The first-order valence-electron chi connectivity index (χ1n) is 5.44. The van der Waals surface area contributed by atoms with Crippen LogP contribution in [-0.2, 0) is 4.79 Å². The monoisotopic (exact) mass is 312 g/mol. The number of halogens is 3. The Morgan fingerprint density at radius 1 is 1.17 bits per heavy atom. The first-order valence-corrected chi connectivity index (χ1v) is 6.57. The summed E-state index contributed by atoms with van der Waals surface area (Å²) in [6.07, 6.45) is 3.28. The fraction of sp³-hybridized carbons (Fsp3) is 0.417. The van der Waals surface area contributed by atoms with E-state index in [1.54, 1.807) is 0 Å². The van der Waals surface area contributed by atoms with Crippen LogP contribution in [0.1, 0.15) is 32.6 Å². The number of carboxylic acids is 1. The Balaban J connectivity index is 0.000000331. The van der Waals surface area contributed by atoms with E-state index in [0.29, 0.717) is 11.4 Å². The van der Waals surface area contributed by atoms with Crippen LogP contribution < -0.4 is 0 Å². The summed E-state index contributed by atoms with van der Waals surface area (Å²) in [5.74, 6) is -0.741. The Morgan fingerprint density at radius 2 is 1.78 bits per heavy atom. The lowest BCUT2D eigenvalue weighted by Gasteiger charge is -1.99. The molecule has 0 spiro atoms. The summed E-state index contributed by atoms with van der Waals surface area (Å²) in [5, 5.41) is 17.7. The van der Waals surface area contributed by atoms with E-state index in [9.17, 15) is 4.79 Å². The van der Waals surface area contributed by atoms with Gasteiger partial charge in [-0.3, -0.25) is 4.79 Å². The summed E-state index contributed by atoms with van der Waals surface area (Å²) in [4.78, 5) is 9.87. The molecule has 2 N–H and O–H groups in total. The fourth-order valence-electron chi connectivity index (χ4n) is 1.04. The van der Waals surface area contributed by atoms with Crippen molar-refractivity contribution in [1.29, 1.82) is 0 Å². The summed E-state index contributed by atoms with van der Waals surface area (Å²) >= 11 is 16.6. The van der Waals surface area contributed by atoms with Gasteiger partial charge in [-0.2, -0.15) is 0 Å². The number of unbranched alkanes of at least 4 members (excludes halogenated alkanes) is 2. The van der Waals surface area contributed by atoms with Gasteiger partial charge in [0.05, 0.1) is 10.0 Å². The molecule has 0 unspecified atom stereocenters. The maximum absolute atomic E-state index is 9.87. The predicted octanol–water partition coefficient (Wildman–Crippen LogP) is 5.00. The van der Waals surface area contributed by atoms with E-state index in [-0.39, 0.29) is 15.8 Å². The number of hydrogen-bond donors (Lipinski definition) is 2. The van der Waals surface area contributed by atoms with Crippen molar-refractivity contribution in [3.63, 3.8) is 0 Å². The van der Waals surface area contributed by atoms with Crippen molar-refractivity contribution in [3.05, 3.63) is 27.2 Å². The zero-order valence-electron chi connectivity index (χ0n) is 9.92. The smallest absolute Gasteiger partial charge is 0.303 e. The van der Waals surface area contributed by atoms with Crippen molar-refractivity contribution in [2.75, 3.05) is 0 Å². The highest BCUT2D eigenvalue weighted by atomic mass is 35.5. The molecule has 18 heavy (non-hydrogen) atoms. The van der Waals surface area contributed by atoms with Crippen molar-refractivity contribution >= 4 is 40.8 Å². The van der Waals surface area contributed by atoms with Gasteiger partial charge in [0.25, 0.3) is 0 Å². The van der Waals surface area contributed by atoms with Crippen molar-refractivity contribution in [1.82, 2.24) is 0 Å². The minimum absolute atomic E-state index is 0.0592. The molecule has 0 bridgehead atoms. The third-order valence-corrected chi connectivity index (χ3v) is 3.29. The maximum Gasteiger partial charge on any atom is 0.303 e. The number of rotatable bonds is 4. The van der Waals surface area contributed by atoms with Gasteiger partial charge in [-0.1, -0.05) is 54.6 Å². The molecule has 0 amide bonds. The third kappa shape index (κ3) is 6.94. The Kier molecular flexibility index (Phi) is 8.98. The second-order valence-electron chi connectivity index (χ2n) is 3.55. The Hall–Kier alpha value is -0.640. The number of aliphatic carboxylic acids is 1. The van der Waals surface area contributed by atoms with Crippen LogP contribution in [0.4, 0.5) is 0 Å². The van der Waals surface area contributed by atoms with Gasteiger partial charge < -0.3 is 10.2 Å². The molecule has 0 saturated heterocycles. The minimum atomic E-state index is -0.682. The molecular weight excluding hydrogens is 298 g/mol. The maximum atomic E-state index is 9.87. The molecule has 1 rings (SSSR count). The largest absolute Gasteiger partial charge is 0.506 e. The SMILES string of the molecule is CCCCCC(=O)O.Oc1ccc(Cl)c(Cl)c1Cl. The second-order valence-corrected chi connectivity index (χ2v) is 4.71. The lowest BCUT2D eigenvalue weighted by molar-refractivity contribution is -0.137. The number of carboxylic acid groups (broad SMARTS) is 1. The molecule has 0 fully saturated rings. The summed E-state index contributed by atoms with van der Waals surface area (Å²) in [7, 11) is 0. The Morgan fingerprint density at radius 3 is 2.22 bits per heavy atom. The van der Waals surface area contributed by atoms with Gasteiger partial charge in [0.1, 0.15) is 10.8 Å². The fourth-order valence-corrected chi connectivity index (χ4v) is 1.57. The van der Waals surface area contributed by atoms with E-state index >= 15 is 0 Å². The Bertz CT molecular complexity index is 367. The van der Waals surface area contributed by atoms with Crippen LogP contribution in [-0.4, -0.2) is 16.2 Å². The van der Waals surface area contributed by atoms with E-state index in [1.165, 1.54) is 12.1 Å². The molecule has 0 heterocycles. The highest BCUT2D eigenvalue weighted by Gasteiger charge is 2.06. The van der Waals surface area contributed by atoms with Gasteiger partial charge in [0, 0.05) is 6.42 Å². The van der Waals surface area contributed by atoms with E-state index in [0.717, 1.165) is 19.3 Å². The highest BCUT2D eigenvalue weighted by Crippen LogP contribution is 2.35. The molecule has 6 heteroatoms. The molecule has 1 aromatic carbocycles. The van der Waals surface area contributed by atoms with Crippen LogP contribution in [0.5, 0.6) is 5.75 Å². The van der Waals surface area contributed by atoms with Crippen LogP contribution in [0.2, 0.25) is 15.1 Å². The molecule has 0 aliphatic carbocycles. The zero-order chi connectivity index (χ0) is 14.1. The van der Waals surface area contributed by atoms with Gasteiger partial charge in [0.2, 0.25) is 0 Å². The van der Waals surface area contributed by atoms with Gasteiger partial charge >= 0.3 is 5.97 Å². The number of carbonyl (C=O) groups is 1. The summed E-state index contributed by atoms with van der Waals surface area (Å²) in [5.41, 5.74) is 0. The summed E-state index contributed by atoms with van der Waals surface area (Å²) in [6.45, 7) is 2.06. The normalized spacial score (nSPS) is 9.56. The topological polar surface area (TPSA) is 57.5 Å². The van der Waals surface area contributed by atoms with Crippen LogP contribution in [0.15, 0.2) is 12.1 Å². The van der Waals surface area contributed by atoms with Gasteiger partial charge in [-0.25, -0.2) is 0 Å². The first-order chi connectivity index (χ1) is 8.40. The van der Waals surface area contributed by atoms with E-state index in [2.05, 4.69) is 6.92 Å². The molecule has 0 aliphatic heterocycles. The van der Waals surface area contributed by atoms with Crippen LogP contribution >= 0.6 is 34.8 Å². The molecule has 0 aliphatic rings. The van der Waals surface area contributed by atoms with E-state index < -0.39 is 5.97 Å². The van der Waals surface area contributed by atoms with Crippen LogP contribution in [0.3, 0.4) is 0 Å². The number of phenolic OH excluding ortho intramolecular Hbond substituents is 1. The standard InChI is InChI=1S/C6H3Cl3O.C6H12O2/c7-3-1-2-4(10)6(9)5(3)8;1-2-3-4-5-6(7)8/h1-2,10H;2-5H2,1H3,(H,7,8). The molecule has 1 aromatic rings. The van der Waals surface area contributed by atoms with Crippen molar-refractivity contribution in [2.24, 2.45) is 0 Å². The minimum Gasteiger partial charge on any atom is -0.506 e. The first kappa shape index (κ1) is 17.4. The summed E-state index contributed by atoms with van der Waals surface area (Å²) < 4.78 is 0. The molecule has 0 aromatic heterocycles. The van der Waals surface area contributed by atoms with E-state index in [4.69, 9.17) is 45.0 Å². The molecular formula is C12H15Cl3O3. The average Bonchev–Trinajstić information content (AvgIpc) is 2.32. The molecule has 0 atom stereocenters. The zero-order valence-corrected chi connectivity index (χ0v) is 12.2. The second kappa shape index (κ2) is 9.31. The summed E-state index contributed by atoms with van der Waals surface area (Å²) in [6, 6.07) is 2.86. The number of benzene rings is 1. The Labute approximate surface area is 121 Å². The molecule has 3 nitrogen and oxygen atoms in total. The molecule has 0 saturated carbocycles.